The van der Waals surface area contributed by atoms with Crippen LogP contribution in [0.2, 0.25) is 10.0 Å². The van der Waals surface area contributed by atoms with Crippen LogP contribution in [0.15, 0.2) is 65.6 Å². The Morgan fingerprint density at radius 1 is 0.862 bits per heavy atom. The summed E-state index contributed by atoms with van der Waals surface area (Å²) < 4.78 is 27.5. The average Bonchev–Trinajstić information content (AvgIpc) is 2.67. The van der Waals surface area contributed by atoms with E-state index in [1.165, 1.54) is 30.3 Å². The van der Waals surface area contributed by atoms with Crippen molar-refractivity contribution in [2.45, 2.75) is 18.7 Å². The molecule has 8 heteroatoms. The molecule has 29 heavy (non-hydrogen) atoms. The lowest BCUT2D eigenvalue weighted by molar-refractivity contribution is 0.102. The van der Waals surface area contributed by atoms with E-state index in [1.807, 2.05) is 6.92 Å². The van der Waals surface area contributed by atoms with Crippen LogP contribution in [0, 0.1) is 13.8 Å². The Balaban J connectivity index is 1.80. The van der Waals surface area contributed by atoms with Gasteiger partial charge < -0.3 is 5.32 Å². The molecule has 0 fully saturated rings. The zero-order valence-electron chi connectivity index (χ0n) is 15.7. The van der Waals surface area contributed by atoms with Crippen molar-refractivity contribution in [3.05, 3.63) is 87.4 Å². The van der Waals surface area contributed by atoms with Gasteiger partial charge in [-0.2, -0.15) is 0 Å². The lowest BCUT2D eigenvalue weighted by atomic mass is 10.1. The van der Waals surface area contributed by atoms with Crippen molar-refractivity contribution >= 4 is 50.5 Å². The fraction of sp³-hybridized carbons (Fsp3) is 0.0952. The van der Waals surface area contributed by atoms with Crippen molar-refractivity contribution in [3.63, 3.8) is 0 Å². The molecule has 3 rings (SSSR count). The third-order valence-corrected chi connectivity index (χ3v) is 6.43. The van der Waals surface area contributed by atoms with Gasteiger partial charge in [0.2, 0.25) is 0 Å². The second kappa shape index (κ2) is 8.45. The SMILES string of the molecule is Cc1ccc(S(=O)(=O)Nc2ccc(C(=O)Nc3cccc(Cl)c3C)cc2Cl)cc1. The van der Waals surface area contributed by atoms with Crippen LogP contribution in [0.5, 0.6) is 0 Å². The standard InChI is InChI=1S/C21H18Cl2N2O3S/c1-13-6-9-16(10-7-13)29(27,28)25-20-11-8-15(12-18(20)23)21(26)24-19-5-3-4-17(22)14(19)2/h3-12,25H,1-2H3,(H,24,26). The maximum Gasteiger partial charge on any atom is 0.261 e. The van der Waals surface area contributed by atoms with Gasteiger partial charge >= 0.3 is 0 Å². The summed E-state index contributed by atoms with van der Waals surface area (Å²) in [5, 5.41) is 3.42. The highest BCUT2D eigenvalue weighted by Crippen LogP contribution is 2.27. The van der Waals surface area contributed by atoms with Crippen molar-refractivity contribution in [2.75, 3.05) is 10.0 Å². The molecule has 3 aromatic rings. The summed E-state index contributed by atoms with van der Waals surface area (Å²) in [4.78, 5) is 12.7. The van der Waals surface area contributed by atoms with Crippen molar-refractivity contribution < 1.29 is 13.2 Å². The molecule has 0 radical (unpaired) electrons. The minimum Gasteiger partial charge on any atom is -0.322 e. The van der Waals surface area contributed by atoms with Gasteiger partial charge in [-0.1, -0.05) is 47.0 Å². The van der Waals surface area contributed by atoms with Crippen LogP contribution in [0.1, 0.15) is 21.5 Å². The van der Waals surface area contributed by atoms with Crippen LogP contribution in [0.3, 0.4) is 0 Å². The molecule has 150 valence electrons. The third-order valence-electron chi connectivity index (χ3n) is 4.32. The minimum absolute atomic E-state index is 0.108. The second-order valence-electron chi connectivity index (χ2n) is 6.48. The number of hydrogen-bond acceptors (Lipinski definition) is 3. The van der Waals surface area contributed by atoms with E-state index < -0.39 is 10.0 Å². The monoisotopic (exact) mass is 448 g/mol. The van der Waals surface area contributed by atoms with E-state index in [0.29, 0.717) is 10.7 Å². The summed E-state index contributed by atoms with van der Waals surface area (Å²) in [5.74, 6) is -0.384. The Bertz CT molecular complexity index is 1180. The molecule has 3 aromatic carbocycles. The molecule has 0 aliphatic carbocycles. The average molecular weight is 449 g/mol. The van der Waals surface area contributed by atoms with Crippen LogP contribution < -0.4 is 10.0 Å². The Morgan fingerprint density at radius 2 is 1.55 bits per heavy atom. The quantitative estimate of drug-likeness (QED) is 0.528. The molecular formula is C21H18Cl2N2O3S. The first-order valence-corrected chi connectivity index (χ1v) is 10.9. The Kier molecular flexibility index (Phi) is 6.17. The lowest BCUT2D eigenvalue weighted by Gasteiger charge is -2.12. The highest BCUT2D eigenvalue weighted by atomic mass is 35.5. The smallest absolute Gasteiger partial charge is 0.261 e. The Hall–Kier alpha value is -2.54. The highest BCUT2D eigenvalue weighted by Gasteiger charge is 2.17. The van der Waals surface area contributed by atoms with Gasteiger partial charge in [0.1, 0.15) is 0 Å². The van der Waals surface area contributed by atoms with E-state index in [1.54, 1.807) is 37.3 Å². The number of anilines is 2. The van der Waals surface area contributed by atoms with Gasteiger partial charge in [-0.25, -0.2) is 8.42 Å². The van der Waals surface area contributed by atoms with Crippen LogP contribution in [-0.4, -0.2) is 14.3 Å². The van der Waals surface area contributed by atoms with Crippen LogP contribution in [0.25, 0.3) is 0 Å². The molecule has 0 aliphatic heterocycles. The van der Waals surface area contributed by atoms with Crippen molar-refractivity contribution in [3.8, 4) is 0 Å². The molecule has 0 aromatic heterocycles. The summed E-state index contributed by atoms with van der Waals surface area (Å²) >= 11 is 12.3. The first-order valence-electron chi connectivity index (χ1n) is 8.63. The van der Waals surface area contributed by atoms with Gasteiger partial charge in [-0.15, -0.1) is 0 Å². The van der Waals surface area contributed by atoms with E-state index in [9.17, 15) is 13.2 Å². The molecule has 0 spiro atoms. The van der Waals surface area contributed by atoms with Crippen molar-refractivity contribution in [1.29, 1.82) is 0 Å². The third kappa shape index (κ3) is 4.90. The number of hydrogen-bond donors (Lipinski definition) is 2. The fourth-order valence-corrected chi connectivity index (χ4v) is 4.14. The van der Waals surface area contributed by atoms with Gasteiger partial charge in [-0.3, -0.25) is 9.52 Å². The van der Waals surface area contributed by atoms with E-state index >= 15 is 0 Å². The molecule has 0 unspecified atom stereocenters. The van der Waals surface area contributed by atoms with Gasteiger partial charge in [0.15, 0.2) is 0 Å². The van der Waals surface area contributed by atoms with E-state index in [-0.39, 0.29) is 27.1 Å². The molecular weight excluding hydrogens is 431 g/mol. The molecule has 0 atom stereocenters. The maximum absolute atomic E-state index is 12.5. The maximum atomic E-state index is 12.5. The normalized spacial score (nSPS) is 11.2. The fourth-order valence-electron chi connectivity index (χ4n) is 2.60. The number of sulfonamides is 1. The van der Waals surface area contributed by atoms with Gasteiger partial charge in [0, 0.05) is 16.3 Å². The number of benzene rings is 3. The number of nitrogens with one attached hydrogen (secondary N) is 2. The molecule has 0 bridgehead atoms. The zero-order valence-corrected chi connectivity index (χ0v) is 18.0. The van der Waals surface area contributed by atoms with Gasteiger partial charge in [0.25, 0.3) is 15.9 Å². The molecule has 0 saturated heterocycles. The Labute approximate surface area is 179 Å². The number of halogens is 2. The van der Waals surface area contributed by atoms with E-state index in [0.717, 1.165) is 11.1 Å². The minimum atomic E-state index is -3.79. The first kappa shape index (κ1) is 21.2. The van der Waals surface area contributed by atoms with E-state index in [2.05, 4.69) is 10.0 Å². The van der Waals surface area contributed by atoms with Gasteiger partial charge in [0.05, 0.1) is 15.6 Å². The molecule has 1 amide bonds. The number of rotatable bonds is 5. The van der Waals surface area contributed by atoms with E-state index in [4.69, 9.17) is 23.2 Å². The highest BCUT2D eigenvalue weighted by molar-refractivity contribution is 7.92. The second-order valence-corrected chi connectivity index (χ2v) is 8.98. The van der Waals surface area contributed by atoms with Gasteiger partial charge in [-0.05, 0) is 61.9 Å². The Morgan fingerprint density at radius 3 is 2.21 bits per heavy atom. The zero-order chi connectivity index (χ0) is 21.2. The number of amides is 1. The first-order chi connectivity index (χ1) is 13.7. The van der Waals surface area contributed by atoms with Crippen LogP contribution >= 0.6 is 23.2 Å². The van der Waals surface area contributed by atoms with Crippen LogP contribution in [0.4, 0.5) is 11.4 Å². The largest absolute Gasteiger partial charge is 0.322 e. The lowest BCUT2D eigenvalue weighted by Crippen LogP contribution is -2.15. The molecule has 0 saturated carbocycles. The van der Waals surface area contributed by atoms with Crippen molar-refractivity contribution in [2.24, 2.45) is 0 Å². The summed E-state index contributed by atoms with van der Waals surface area (Å²) in [6.45, 7) is 3.67. The van der Waals surface area contributed by atoms with Crippen LogP contribution in [-0.2, 0) is 10.0 Å². The van der Waals surface area contributed by atoms with Crippen molar-refractivity contribution in [1.82, 2.24) is 0 Å². The summed E-state index contributed by atoms with van der Waals surface area (Å²) in [5.41, 5.74) is 2.75. The molecule has 0 heterocycles. The predicted octanol–water partition coefficient (Wildman–Crippen LogP) is 5.66. The summed E-state index contributed by atoms with van der Waals surface area (Å²) in [6, 6.07) is 16.0. The number of carbonyl (C=O) groups is 1. The summed E-state index contributed by atoms with van der Waals surface area (Å²) in [7, 11) is -3.79. The number of aryl methyl sites for hydroxylation is 1. The summed E-state index contributed by atoms with van der Waals surface area (Å²) in [6.07, 6.45) is 0. The topological polar surface area (TPSA) is 75.3 Å². The number of carbonyl (C=O) groups excluding carboxylic acids is 1. The predicted molar refractivity (Wildman–Crippen MR) is 118 cm³/mol. The molecule has 0 aliphatic rings. The molecule has 5 nitrogen and oxygen atoms in total. The molecule has 2 N–H and O–H groups in total.